The van der Waals surface area contributed by atoms with Crippen LogP contribution in [0, 0.1) is 0 Å². The zero-order valence-electron chi connectivity index (χ0n) is 17.6. The van der Waals surface area contributed by atoms with Crippen molar-refractivity contribution in [3.8, 4) is 0 Å². The van der Waals surface area contributed by atoms with Gasteiger partial charge in [-0.3, -0.25) is 4.98 Å². The second kappa shape index (κ2) is 8.76. The quantitative estimate of drug-likeness (QED) is 0.650. The molecule has 1 heterocycles. The summed E-state index contributed by atoms with van der Waals surface area (Å²) in [7, 11) is 0. The minimum atomic E-state index is -0.128. The van der Waals surface area contributed by atoms with Gasteiger partial charge in [0.1, 0.15) is 0 Å². The molecule has 0 aliphatic heterocycles. The van der Waals surface area contributed by atoms with Crippen molar-refractivity contribution in [1.82, 2.24) is 10.3 Å². The highest BCUT2D eigenvalue weighted by Crippen LogP contribution is 2.39. The van der Waals surface area contributed by atoms with Crippen molar-refractivity contribution in [3.05, 3.63) is 59.4 Å². The molecular weight excluding hydrogens is 346 g/mol. The van der Waals surface area contributed by atoms with Gasteiger partial charge in [-0.2, -0.15) is 0 Å². The summed E-state index contributed by atoms with van der Waals surface area (Å²) in [4.78, 5) is 17.4. The number of amides is 2. The Balaban J connectivity index is 1.76. The summed E-state index contributed by atoms with van der Waals surface area (Å²) in [6, 6.07) is 12.3. The molecule has 1 aliphatic rings. The number of nitrogens with one attached hydrogen (secondary N) is 2. The van der Waals surface area contributed by atoms with E-state index in [-0.39, 0.29) is 11.4 Å². The molecule has 0 saturated heterocycles. The predicted molar refractivity (Wildman–Crippen MR) is 116 cm³/mol. The molecule has 1 saturated carbocycles. The van der Waals surface area contributed by atoms with E-state index in [1.807, 2.05) is 18.3 Å². The van der Waals surface area contributed by atoms with Gasteiger partial charge in [-0.05, 0) is 47.9 Å². The highest BCUT2D eigenvalue weighted by molar-refractivity contribution is 5.91. The van der Waals surface area contributed by atoms with Crippen LogP contribution in [0.1, 0.15) is 82.0 Å². The molecule has 2 aromatic rings. The van der Waals surface area contributed by atoms with Crippen LogP contribution in [0.15, 0.2) is 42.6 Å². The molecular formula is C24H33N3O. The predicted octanol–water partition coefficient (Wildman–Crippen LogP) is 5.96. The van der Waals surface area contributed by atoms with Crippen molar-refractivity contribution in [2.24, 2.45) is 0 Å². The number of urea groups is 1. The van der Waals surface area contributed by atoms with Crippen LogP contribution in [0.3, 0.4) is 0 Å². The van der Waals surface area contributed by atoms with Crippen LogP contribution >= 0.6 is 0 Å². The molecule has 28 heavy (non-hydrogen) atoms. The minimum Gasteiger partial charge on any atom is -0.337 e. The second-order valence-corrected chi connectivity index (χ2v) is 8.63. The largest absolute Gasteiger partial charge is 0.337 e. The average molecular weight is 380 g/mol. The zero-order chi connectivity index (χ0) is 20.1. The number of hydrogen-bond donors (Lipinski definition) is 2. The molecule has 0 radical (unpaired) electrons. The van der Waals surface area contributed by atoms with Crippen molar-refractivity contribution >= 4 is 11.7 Å². The Kier molecular flexibility index (Phi) is 6.38. The van der Waals surface area contributed by atoms with Crippen LogP contribution in [0.2, 0.25) is 0 Å². The summed E-state index contributed by atoms with van der Waals surface area (Å²) in [6.45, 7) is 9.28. The van der Waals surface area contributed by atoms with Gasteiger partial charge in [-0.15, -0.1) is 0 Å². The average Bonchev–Trinajstić information content (AvgIpc) is 3.17. The zero-order valence-corrected chi connectivity index (χ0v) is 17.6. The van der Waals surface area contributed by atoms with Crippen LogP contribution < -0.4 is 10.6 Å². The van der Waals surface area contributed by atoms with Crippen molar-refractivity contribution < 1.29 is 4.79 Å². The summed E-state index contributed by atoms with van der Waals surface area (Å²) in [5, 5.41) is 6.32. The van der Waals surface area contributed by atoms with Gasteiger partial charge < -0.3 is 10.6 Å². The van der Waals surface area contributed by atoms with Crippen LogP contribution in [0.25, 0.3) is 0 Å². The van der Waals surface area contributed by atoms with Crippen LogP contribution in [0.4, 0.5) is 10.5 Å². The molecule has 0 unspecified atom stereocenters. The van der Waals surface area contributed by atoms with Crippen molar-refractivity contribution in [3.63, 3.8) is 0 Å². The maximum atomic E-state index is 12.8. The first kappa shape index (κ1) is 20.4. The maximum Gasteiger partial charge on any atom is 0.319 e. The third-order valence-electron chi connectivity index (χ3n) is 5.97. The number of aromatic nitrogens is 1. The normalized spacial score (nSPS) is 15.8. The van der Waals surface area contributed by atoms with E-state index in [0.29, 0.717) is 18.4 Å². The molecule has 150 valence electrons. The van der Waals surface area contributed by atoms with Gasteiger partial charge in [0.05, 0.1) is 0 Å². The fourth-order valence-electron chi connectivity index (χ4n) is 4.35. The lowest BCUT2D eigenvalue weighted by Crippen LogP contribution is -2.41. The van der Waals surface area contributed by atoms with Gasteiger partial charge in [-0.25, -0.2) is 4.79 Å². The number of benzene rings is 1. The van der Waals surface area contributed by atoms with E-state index in [2.05, 4.69) is 67.6 Å². The maximum absolute atomic E-state index is 12.8. The molecule has 1 aromatic heterocycles. The number of carbonyl (C=O) groups is 1. The van der Waals surface area contributed by atoms with E-state index in [9.17, 15) is 4.79 Å². The highest BCUT2D eigenvalue weighted by Gasteiger charge is 2.37. The lowest BCUT2D eigenvalue weighted by atomic mass is 9.82. The minimum absolute atomic E-state index is 0.0446. The Morgan fingerprint density at radius 3 is 2.18 bits per heavy atom. The van der Waals surface area contributed by atoms with Gasteiger partial charge in [0.2, 0.25) is 0 Å². The van der Waals surface area contributed by atoms with Crippen LogP contribution in [-0.4, -0.2) is 17.6 Å². The fraction of sp³-hybridized carbons (Fsp3) is 0.500. The number of rotatable bonds is 6. The molecule has 1 fully saturated rings. The molecule has 3 rings (SSSR count). The van der Waals surface area contributed by atoms with E-state index < -0.39 is 0 Å². The third kappa shape index (κ3) is 4.37. The number of hydrogen-bond acceptors (Lipinski definition) is 2. The summed E-state index contributed by atoms with van der Waals surface area (Å²) in [6.07, 6.45) is 6.37. The Hall–Kier alpha value is -2.36. The smallest absolute Gasteiger partial charge is 0.319 e. The molecule has 1 aromatic carbocycles. The summed E-state index contributed by atoms with van der Waals surface area (Å²) in [5.74, 6) is 0.701. The molecule has 0 spiro atoms. The Labute approximate surface area is 169 Å². The van der Waals surface area contributed by atoms with Crippen molar-refractivity contribution in [2.45, 2.75) is 70.6 Å². The highest BCUT2D eigenvalue weighted by atomic mass is 16.2. The van der Waals surface area contributed by atoms with Crippen LogP contribution in [0.5, 0.6) is 0 Å². The fourth-order valence-corrected chi connectivity index (χ4v) is 4.35. The van der Waals surface area contributed by atoms with Crippen molar-refractivity contribution in [2.75, 3.05) is 11.9 Å². The molecule has 4 nitrogen and oxygen atoms in total. The Bertz CT molecular complexity index is 767. The van der Waals surface area contributed by atoms with Gasteiger partial charge in [0.25, 0.3) is 0 Å². The first-order valence-electron chi connectivity index (χ1n) is 10.5. The second-order valence-electron chi connectivity index (χ2n) is 8.63. The van der Waals surface area contributed by atoms with E-state index in [4.69, 9.17) is 0 Å². The Morgan fingerprint density at radius 2 is 1.64 bits per heavy atom. The standard InChI is InChI=1S/C24H33N3O/c1-17(2)19-10-9-11-20(18(3)4)22(19)27-23(28)26-16-24(13-6-7-14-24)21-12-5-8-15-25-21/h5,8-12,15,17-18H,6-7,13-14,16H2,1-4H3,(H2,26,27,28). The number of para-hydroxylation sites is 1. The van der Waals surface area contributed by atoms with Gasteiger partial charge in [0, 0.05) is 29.5 Å². The number of pyridine rings is 1. The topological polar surface area (TPSA) is 54.0 Å². The number of anilines is 1. The lowest BCUT2D eigenvalue weighted by molar-refractivity contribution is 0.248. The van der Waals surface area contributed by atoms with Crippen LogP contribution in [-0.2, 0) is 5.41 Å². The lowest BCUT2D eigenvalue weighted by Gasteiger charge is -2.29. The molecule has 1 aliphatic carbocycles. The van der Waals surface area contributed by atoms with Gasteiger partial charge in [0.15, 0.2) is 0 Å². The molecule has 2 amide bonds. The van der Waals surface area contributed by atoms with E-state index >= 15 is 0 Å². The van der Waals surface area contributed by atoms with E-state index in [1.54, 1.807) is 0 Å². The summed E-state index contributed by atoms with van der Waals surface area (Å²) in [5.41, 5.74) is 4.38. The molecule has 0 atom stereocenters. The van der Waals surface area contributed by atoms with Crippen molar-refractivity contribution in [1.29, 1.82) is 0 Å². The first-order chi connectivity index (χ1) is 13.4. The SMILES string of the molecule is CC(C)c1cccc(C(C)C)c1NC(=O)NCC1(c2ccccn2)CCCC1. The first-order valence-corrected chi connectivity index (χ1v) is 10.5. The third-order valence-corrected chi connectivity index (χ3v) is 5.97. The van der Waals surface area contributed by atoms with Gasteiger partial charge in [-0.1, -0.05) is 64.8 Å². The van der Waals surface area contributed by atoms with E-state index in [1.165, 1.54) is 24.0 Å². The summed E-state index contributed by atoms with van der Waals surface area (Å²) >= 11 is 0. The number of carbonyl (C=O) groups excluding carboxylic acids is 1. The molecule has 4 heteroatoms. The number of nitrogens with zero attached hydrogens (tertiary/aromatic N) is 1. The monoisotopic (exact) mass is 379 g/mol. The summed E-state index contributed by atoms with van der Waals surface area (Å²) < 4.78 is 0. The molecule has 0 bridgehead atoms. The molecule has 2 N–H and O–H groups in total. The van der Waals surface area contributed by atoms with Gasteiger partial charge >= 0.3 is 6.03 Å². The Morgan fingerprint density at radius 1 is 1.00 bits per heavy atom. The van der Waals surface area contributed by atoms with E-state index in [0.717, 1.165) is 24.2 Å².